The average Bonchev–Trinajstić information content (AvgIpc) is 2.09. The lowest BCUT2D eigenvalue weighted by atomic mass is 10.1. The molecule has 1 saturated heterocycles. The van der Waals surface area contributed by atoms with Crippen molar-refractivity contribution in [1.82, 2.24) is 10.2 Å². The molecule has 0 aromatic carbocycles. The van der Waals surface area contributed by atoms with Crippen LogP contribution in [0.4, 0.5) is 0 Å². The molecule has 2 unspecified atom stereocenters. The third-order valence-corrected chi connectivity index (χ3v) is 2.37. The second-order valence-electron chi connectivity index (χ2n) is 3.58. The van der Waals surface area contributed by atoms with Crippen LogP contribution in [-0.4, -0.2) is 37.1 Å². The maximum Gasteiger partial charge on any atom is 0.0666 e. The van der Waals surface area contributed by atoms with Crippen molar-refractivity contribution in [3.05, 3.63) is 0 Å². The molecule has 0 saturated carbocycles. The summed E-state index contributed by atoms with van der Waals surface area (Å²) in [5.41, 5.74) is 0. The molecule has 1 aliphatic rings. The van der Waals surface area contributed by atoms with Crippen LogP contribution in [0.3, 0.4) is 0 Å². The fourth-order valence-corrected chi connectivity index (χ4v) is 1.55. The summed E-state index contributed by atoms with van der Waals surface area (Å²) in [4.78, 5) is 2.38. The lowest BCUT2D eigenvalue weighted by Gasteiger charge is -2.34. The van der Waals surface area contributed by atoms with Gasteiger partial charge in [-0.2, -0.15) is 5.26 Å². The molecule has 68 valence electrons. The minimum Gasteiger partial charge on any atom is -0.314 e. The van der Waals surface area contributed by atoms with Gasteiger partial charge in [0.05, 0.1) is 12.0 Å². The van der Waals surface area contributed by atoms with Crippen LogP contribution in [-0.2, 0) is 0 Å². The average molecular weight is 167 g/mol. The molecule has 3 heteroatoms. The lowest BCUT2D eigenvalue weighted by Crippen LogP contribution is -2.50. The summed E-state index contributed by atoms with van der Waals surface area (Å²) in [7, 11) is 0. The van der Waals surface area contributed by atoms with E-state index in [0.717, 1.165) is 26.2 Å². The Hall–Kier alpha value is -0.590. The molecule has 0 radical (unpaired) electrons. The van der Waals surface area contributed by atoms with E-state index >= 15 is 0 Å². The molecule has 0 bridgehead atoms. The fourth-order valence-electron chi connectivity index (χ4n) is 1.55. The van der Waals surface area contributed by atoms with Crippen molar-refractivity contribution in [2.24, 2.45) is 5.92 Å². The monoisotopic (exact) mass is 167 g/mol. The van der Waals surface area contributed by atoms with Gasteiger partial charge in [-0.3, -0.25) is 4.90 Å². The zero-order chi connectivity index (χ0) is 8.97. The first kappa shape index (κ1) is 9.50. The third-order valence-electron chi connectivity index (χ3n) is 2.37. The van der Waals surface area contributed by atoms with E-state index < -0.39 is 0 Å². The van der Waals surface area contributed by atoms with Gasteiger partial charge in [0, 0.05) is 32.2 Å². The highest BCUT2D eigenvalue weighted by Crippen LogP contribution is 2.05. The van der Waals surface area contributed by atoms with Gasteiger partial charge in [0.1, 0.15) is 0 Å². The van der Waals surface area contributed by atoms with Crippen LogP contribution in [0.5, 0.6) is 0 Å². The molecular formula is C9H17N3. The molecule has 1 rings (SSSR count). The number of piperazine rings is 1. The van der Waals surface area contributed by atoms with Gasteiger partial charge < -0.3 is 5.32 Å². The molecule has 0 spiro atoms. The van der Waals surface area contributed by atoms with Crippen LogP contribution in [0.15, 0.2) is 0 Å². The largest absolute Gasteiger partial charge is 0.314 e. The Bertz CT molecular complexity index is 173. The molecule has 0 aliphatic carbocycles. The summed E-state index contributed by atoms with van der Waals surface area (Å²) < 4.78 is 0. The second-order valence-corrected chi connectivity index (χ2v) is 3.58. The Kier molecular flexibility index (Phi) is 3.51. The second kappa shape index (κ2) is 4.44. The van der Waals surface area contributed by atoms with Crippen LogP contribution in [0.2, 0.25) is 0 Å². The molecule has 0 amide bonds. The number of rotatable bonds is 2. The van der Waals surface area contributed by atoms with Crippen molar-refractivity contribution in [3.63, 3.8) is 0 Å². The molecule has 0 aromatic heterocycles. The van der Waals surface area contributed by atoms with Crippen molar-refractivity contribution in [1.29, 1.82) is 5.26 Å². The van der Waals surface area contributed by atoms with E-state index in [9.17, 15) is 0 Å². The molecule has 12 heavy (non-hydrogen) atoms. The molecule has 1 aliphatic heterocycles. The Labute approximate surface area is 74.4 Å². The molecule has 1 fully saturated rings. The van der Waals surface area contributed by atoms with E-state index in [-0.39, 0.29) is 5.92 Å². The molecule has 0 aromatic rings. The van der Waals surface area contributed by atoms with E-state index in [1.807, 2.05) is 6.92 Å². The number of nitrogens with one attached hydrogen (secondary N) is 1. The first-order chi connectivity index (χ1) is 5.74. The normalized spacial score (nSPS) is 27.9. The van der Waals surface area contributed by atoms with Crippen molar-refractivity contribution >= 4 is 0 Å². The van der Waals surface area contributed by atoms with Crippen molar-refractivity contribution in [2.45, 2.75) is 19.9 Å². The zero-order valence-electron chi connectivity index (χ0n) is 7.88. The van der Waals surface area contributed by atoms with Crippen molar-refractivity contribution in [2.75, 3.05) is 26.2 Å². The van der Waals surface area contributed by atoms with E-state index in [1.165, 1.54) is 0 Å². The smallest absolute Gasteiger partial charge is 0.0666 e. The molecule has 1 heterocycles. The maximum absolute atomic E-state index is 8.66. The van der Waals surface area contributed by atoms with E-state index in [4.69, 9.17) is 5.26 Å². The van der Waals surface area contributed by atoms with Gasteiger partial charge in [-0.25, -0.2) is 0 Å². The summed E-state index contributed by atoms with van der Waals surface area (Å²) in [6.07, 6.45) is 0. The van der Waals surface area contributed by atoms with Gasteiger partial charge in [-0.15, -0.1) is 0 Å². The third kappa shape index (κ3) is 2.47. The Morgan fingerprint density at radius 1 is 1.75 bits per heavy atom. The summed E-state index contributed by atoms with van der Waals surface area (Å²) in [5, 5.41) is 12.0. The number of nitriles is 1. The minimum absolute atomic E-state index is 0.158. The Balaban J connectivity index is 2.35. The lowest BCUT2D eigenvalue weighted by molar-refractivity contribution is 0.162. The highest BCUT2D eigenvalue weighted by molar-refractivity contribution is 4.85. The van der Waals surface area contributed by atoms with Gasteiger partial charge >= 0.3 is 0 Å². The van der Waals surface area contributed by atoms with Crippen LogP contribution in [0.1, 0.15) is 13.8 Å². The van der Waals surface area contributed by atoms with Crippen LogP contribution in [0, 0.1) is 17.2 Å². The summed E-state index contributed by atoms with van der Waals surface area (Å²) in [5.74, 6) is 0.158. The SMILES string of the molecule is CC(C#N)CN1CCNCC1C. The molecule has 2 atom stereocenters. The Morgan fingerprint density at radius 2 is 2.50 bits per heavy atom. The molecule has 3 nitrogen and oxygen atoms in total. The predicted molar refractivity (Wildman–Crippen MR) is 48.7 cm³/mol. The Morgan fingerprint density at radius 3 is 3.08 bits per heavy atom. The summed E-state index contributed by atoms with van der Waals surface area (Å²) in [6, 6.07) is 2.85. The number of nitrogens with zero attached hydrogens (tertiary/aromatic N) is 2. The first-order valence-electron chi connectivity index (χ1n) is 4.58. The minimum atomic E-state index is 0.158. The highest BCUT2D eigenvalue weighted by Gasteiger charge is 2.18. The fraction of sp³-hybridized carbons (Fsp3) is 0.889. The van der Waals surface area contributed by atoms with Gasteiger partial charge in [0.15, 0.2) is 0 Å². The van der Waals surface area contributed by atoms with Crippen molar-refractivity contribution < 1.29 is 0 Å². The number of hydrogen-bond donors (Lipinski definition) is 1. The van der Waals surface area contributed by atoms with Crippen LogP contribution >= 0.6 is 0 Å². The quantitative estimate of drug-likeness (QED) is 0.648. The van der Waals surface area contributed by atoms with Crippen molar-refractivity contribution in [3.8, 4) is 6.07 Å². The molecular weight excluding hydrogens is 150 g/mol. The maximum atomic E-state index is 8.66. The van der Waals surface area contributed by atoms with Gasteiger partial charge in [0.2, 0.25) is 0 Å². The molecule has 1 N–H and O–H groups in total. The summed E-state index contributed by atoms with van der Waals surface area (Å²) in [6.45, 7) is 8.29. The van der Waals surface area contributed by atoms with Gasteiger partial charge in [-0.05, 0) is 13.8 Å². The van der Waals surface area contributed by atoms with E-state index in [1.54, 1.807) is 0 Å². The topological polar surface area (TPSA) is 39.1 Å². The van der Waals surface area contributed by atoms with Crippen LogP contribution in [0.25, 0.3) is 0 Å². The first-order valence-corrected chi connectivity index (χ1v) is 4.58. The predicted octanol–water partition coefficient (Wildman–Crippen LogP) is 0.440. The zero-order valence-corrected chi connectivity index (χ0v) is 7.88. The standard InChI is InChI=1S/C9H17N3/c1-8(5-10)7-12-4-3-11-6-9(12)2/h8-9,11H,3-4,6-7H2,1-2H3. The van der Waals surface area contributed by atoms with Crippen LogP contribution < -0.4 is 5.32 Å². The van der Waals surface area contributed by atoms with E-state index in [0.29, 0.717) is 6.04 Å². The van der Waals surface area contributed by atoms with E-state index in [2.05, 4.69) is 23.2 Å². The highest BCUT2D eigenvalue weighted by atomic mass is 15.2. The number of hydrogen-bond acceptors (Lipinski definition) is 3. The van der Waals surface area contributed by atoms with Gasteiger partial charge in [-0.1, -0.05) is 0 Å². The summed E-state index contributed by atoms with van der Waals surface area (Å²) >= 11 is 0. The van der Waals surface area contributed by atoms with Gasteiger partial charge in [0.25, 0.3) is 0 Å².